The Balaban J connectivity index is 1.82. The Hall–Kier alpha value is -1.78. The van der Waals surface area contributed by atoms with E-state index in [1.54, 1.807) is 19.1 Å². The van der Waals surface area contributed by atoms with Crippen LogP contribution in [-0.2, 0) is 19.5 Å². The van der Waals surface area contributed by atoms with Crippen molar-refractivity contribution >= 4 is 39.5 Å². The summed E-state index contributed by atoms with van der Waals surface area (Å²) in [5.74, 6) is 0.688. The second-order valence-electron chi connectivity index (χ2n) is 5.23. The van der Waals surface area contributed by atoms with Crippen molar-refractivity contribution in [2.45, 2.75) is 13.0 Å². The minimum atomic E-state index is -3.32. The number of rotatable bonds is 5. The van der Waals surface area contributed by atoms with Crippen LogP contribution in [0.2, 0.25) is 0 Å². The number of benzene rings is 1. The Labute approximate surface area is 150 Å². The monoisotopic (exact) mass is 388 g/mol. The Morgan fingerprint density at radius 2 is 2.00 bits per heavy atom. The number of hydrogen-bond acceptors (Lipinski definition) is 7. The highest BCUT2D eigenvalue weighted by Gasteiger charge is 2.23. The topological polar surface area (TPSA) is 111 Å². The molecule has 1 saturated heterocycles. The highest BCUT2D eigenvalue weighted by Crippen LogP contribution is 2.13. The van der Waals surface area contributed by atoms with Gasteiger partial charge in [-0.1, -0.05) is 0 Å². The molecule has 25 heavy (non-hydrogen) atoms. The number of carbonyl (C=O) groups excluding carboxylic acids is 2. The van der Waals surface area contributed by atoms with Gasteiger partial charge in [0.25, 0.3) is 0 Å². The van der Waals surface area contributed by atoms with Crippen LogP contribution in [0.4, 0.5) is 10.5 Å². The maximum absolute atomic E-state index is 11.8. The lowest BCUT2D eigenvalue weighted by molar-refractivity contribution is 0.0526. The summed E-state index contributed by atoms with van der Waals surface area (Å²) in [4.78, 5) is 23.4. The van der Waals surface area contributed by atoms with E-state index in [1.165, 1.54) is 23.9 Å². The van der Waals surface area contributed by atoms with Gasteiger partial charge in [-0.05, 0) is 31.2 Å². The molecule has 1 aromatic carbocycles. The fourth-order valence-corrected chi connectivity index (χ4v) is 4.92. The fraction of sp³-hybridized carbons (Fsp3) is 0.467. The summed E-state index contributed by atoms with van der Waals surface area (Å²) in [6.07, 6.45) is -0.697. The first-order valence-electron chi connectivity index (χ1n) is 7.68. The molecule has 0 spiro atoms. The summed E-state index contributed by atoms with van der Waals surface area (Å²) in [7, 11) is -3.32. The molecule has 1 amide bonds. The largest absolute Gasteiger partial charge is 0.462 e. The van der Waals surface area contributed by atoms with Crippen LogP contribution >= 0.6 is 11.8 Å². The molecule has 8 nitrogen and oxygen atoms in total. The highest BCUT2D eigenvalue weighted by atomic mass is 32.2. The van der Waals surface area contributed by atoms with Crippen molar-refractivity contribution < 1.29 is 27.5 Å². The molecule has 1 heterocycles. The summed E-state index contributed by atoms with van der Waals surface area (Å²) in [5, 5.41) is 2.52. The number of ether oxygens (including phenoxy) is 2. The molecule has 1 fully saturated rings. The quantitative estimate of drug-likeness (QED) is 0.734. The summed E-state index contributed by atoms with van der Waals surface area (Å²) in [6, 6.07) is 5.72. The van der Waals surface area contributed by atoms with E-state index in [-0.39, 0.29) is 19.0 Å². The number of nitrogens with one attached hydrogen (secondary N) is 2. The molecule has 1 aliphatic rings. The van der Waals surface area contributed by atoms with Crippen molar-refractivity contribution in [1.29, 1.82) is 0 Å². The lowest BCUT2D eigenvalue weighted by Crippen LogP contribution is -2.40. The van der Waals surface area contributed by atoms with Gasteiger partial charge >= 0.3 is 12.1 Å². The molecular weight excluding hydrogens is 368 g/mol. The smallest absolute Gasteiger partial charge is 0.411 e. The van der Waals surface area contributed by atoms with Crippen molar-refractivity contribution in [3.8, 4) is 0 Å². The maximum Gasteiger partial charge on any atom is 0.411 e. The molecule has 0 saturated carbocycles. The number of amides is 1. The second-order valence-corrected chi connectivity index (χ2v) is 8.25. The predicted molar refractivity (Wildman–Crippen MR) is 95.4 cm³/mol. The molecule has 1 atom stereocenters. The van der Waals surface area contributed by atoms with Crippen LogP contribution in [0, 0.1) is 0 Å². The molecule has 2 N–H and O–H groups in total. The average molecular weight is 388 g/mol. The fourth-order valence-electron chi connectivity index (χ4n) is 2.06. The summed E-state index contributed by atoms with van der Waals surface area (Å²) >= 11 is 1.49. The number of sulfonamides is 1. The van der Waals surface area contributed by atoms with Crippen LogP contribution in [0.25, 0.3) is 0 Å². The van der Waals surface area contributed by atoms with Gasteiger partial charge in [0.1, 0.15) is 6.61 Å². The standard InChI is InChI=1S/C15H20N2O6S2/c1-2-22-14(18)11-3-5-12(6-4-11)16-15(19)23-9-13-10-24-7-8-25(20,21)17-13/h3-6,13,17H,2,7-10H2,1H3,(H,16,19)/t13-/m1/s1. The highest BCUT2D eigenvalue weighted by molar-refractivity contribution is 8.00. The van der Waals surface area contributed by atoms with Crippen LogP contribution in [-0.4, -0.2) is 57.0 Å². The molecular formula is C15H20N2O6S2. The van der Waals surface area contributed by atoms with E-state index in [4.69, 9.17) is 9.47 Å². The van der Waals surface area contributed by atoms with E-state index < -0.39 is 28.1 Å². The molecule has 0 unspecified atom stereocenters. The van der Waals surface area contributed by atoms with Gasteiger partial charge in [-0.3, -0.25) is 5.32 Å². The van der Waals surface area contributed by atoms with Crippen molar-refractivity contribution in [1.82, 2.24) is 4.72 Å². The first-order valence-corrected chi connectivity index (χ1v) is 10.5. The van der Waals surface area contributed by atoms with Crippen LogP contribution in [0.15, 0.2) is 24.3 Å². The first kappa shape index (κ1) is 19.5. The Kier molecular flexibility index (Phi) is 7.09. The van der Waals surface area contributed by atoms with E-state index in [1.807, 2.05) is 0 Å². The van der Waals surface area contributed by atoms with E-state index in [9.17, 15) is 18.0 Å². The summed E-state index contributed by atoms with van der Waals surface area (Å²) in [5.41, 5.74) is 0.833. The lowest BCUT2D eigenvalue weighted by atomic mass is 10.2. The molecule has 2 rings (SSSR count). The van der Waals surface area contributed by atoms with Gasteiger partial charge in [0.15, 0.2) is 0 Å². The third kappa shape index (κ3) is 6.56. The van der Waals surface area contributed by atoms with E-state index in [0.717, 1.165) is 0 Å². The number of anilines is 1. The number of carbonyl (C=O) groups is 2. The van der Waals surface area contributed by atoms with Crippen LogP contribution in [0.5, 0.6) is 0 Å². The molecule has 0 radical (unpaired) electrons. The molecule has 1 aromatic rings. The van der Waals surface area contributed by atoms with Gasteiger partial charge in [-0.2, -0.15) is 11.8 Å². The summed E-state index contributed by atoms with van der Waals surface area (Å²) in [6.45, 7) is 1.95. The SMILES string of the molecule is CCOC(=O)c1ccc(NC(=O)OC[C@@H]2CSCCS(=O)(=O)N2)cc1. The van der Waals surface area contributed by atoms with Crippen molar-refractivity contribution in [3.63, 3.8) is 0 Å². The van der Waals surface area contributed by atoms with Gasteiger partial charge < -0.3 is 9.47 Å². The second kappa shape index (κ2) is 9.07. The van der Waals surface area contributed by atoms with Crippen LogP contribution < -0.4 is 10.0 Å². The minimum Gasteiger partial charge on any atom is -0.462 e. The zero-order valence-corrected chi connectivity index (χ0v) is 15.3. The van der Waals surface area contributed by atoms with Crippen molar-refractivity contribution in [3.05, 3.63) is 29.8 Å². The Morgan fingerprint density at radius 3 is 2.68 bits per heavy atom. The average Bonchev–Trinajstić information content (AvgIpc) is 2.74. The van der Waals surface area contributed by atoms with Gasteiger partial charge in [-0.25, -0.2) is 22.7 Å². The Morgan fingerprint density at radius 1 is 1.28 bits per heavy atom. The molecule has 0 aliphatic carbocycles. The zero-order chi connectivity index (χ0) is 18.3. The van der Waals surface area contributed by atoms with Gasteiger partial charge in [0.05, 0.1) is 24.0 Å². The predicted octanol–water partition coefficient (Wildman–Crippen LogP) is 1.45. The van der Waals surface area contributed by atoms with Crippen LogP contribution in [0.3, 0.4) is 0 Å². The number of hydrogen-bond donors (Lipinski definition) is 2. The molecule has 138 valence electrons. The minimum absolute atomic E-state index is 0.0566. The van der Waals surface area contributed by atoms with E-state index in [0.29, 0.717) is 22.8 Å². The van der Waals surface area contributed by atoms with Crippen molar-refractivity contribution in [2.24, 2.45) is 0 Å². The normalized spacial score (nSPS) is 19.5. The zero-order valence-electron chi connectivity index (χ0n) is 13.7. The van der Waals surface area contributed by atoms with Gasteiger partial charge in [-0.15, -0.1) is 0 Å². The third-order valence-electron chi connectivity index (χ3n) is 3.22. The number of thioether (sulfide) groups is 1. The maximum atomic E-state index is 11.8. The van der Waals surface area contributed by atoms with Crippen molar-refractivity contribution in [2.75, 3.05) is 35.8 Å². The van der Waals surface area contributed by atoms with E-state index in [2.05, 4.69) is 10.0 Å². The molecule has 10 heteroatoms. The third-order valence-corrected chi connectivity index (χ3v) is 6.04. The van der Waals surface area contributed by atoms with Crippen LogP contribution in [0.1, 0.15) is 17.3 Å². The van der Waals surface area contributed by atoms with E-state index >= 15 is 0 Å². The summed E-state index contributed by atoms with van der Waals surface area (Å²) < 4.78 is 35.7. The lowest BCUT2D eigenvalue weighted by Gasteiger charge is -2.15. The molecule has 0 bridgehead atoms. The van der Waals surface area contributed by atoms with Gasteiger partial charge in [0, 0.05) is 17.2 Å². The molecule has 0 aromatic heterocycles. The first-order chi connectivity index (χ1) is 11.9. The number of esters is 1. The Bertz CT molecular complexity index is 705. The van der Waals surface area contributed by atoms with Gasteiger partial charge in [0.2, 0.25) is 10.0 Å². The molecule has 1 aliphatic heterocycles.